The molecule has 0 fully saturated rings. The molecule has 0 spiro atoms. The number of carbonyl (C=O) groups excluding carboxylic acids is 2. The minimum atomic E-state index is -4.85. The Morgan fingerprint density at radius 2 is 1.66 bits per heavy atom. The highest BCUT2D eigenvalue weighted by atomic mass is 32.1. The summed E-state index contributed by atoms with van der Waals surface area (Å²) >= 11 is 0.553. The summed E-state index contributed by atoms with van der Waals surface area (Å²) in [6.45, 7) is -3.00. The van der Waals surface area contributed by atoms with Gasteiger partial charge in [0.25, 0.3) is 11.8 Å². The van der Waals surface area contributed by atoms with Crippen LogP contribution in [-0.4, -0.2) is 33.6 Å². The Hall–Kier alpha value is -4.92. The predicted molar refractivity (Wildman–Crippen MR) is 137 cm³/mol. The topological polar surface area (TPSA) is 123 Å². The summed E-state index contributed by atoms with van der Waals surface area (Å²) in [5, 5.41) is 9.03. The van der Waals surface area contributed by atoms with Crippen molar-refractivity contribution in [1.29, 1.82) is 0 Å². The number of aromatic amines is 1. The second kappa shape index (κ2) is 10.6. The normalized spacial score (nSPS) is 11.7. The molecule has 210 valence electrons. The number of primary amides is 1. The van der Waals surface area contributed by atoms with Crippen LogP contribution in [0, 0.1) is 5.82 Å². The van der Waals surface area contributed by atoms with E-state index >= 15 is 0 Å². The summed E-state index contributed by atoms with van der Waals surface area (Å²) in [6.07, 6.45) is -4.85. The van der Waals surface area contributed by atoms with Gasteiger partial charge in [-0.2, -0.15) is 27.1 Å². The Bertz CT molecular complexity index is 1770. The molecule has 2 aromatic carbocycles. The van der Waals surface area contributed by atoms with Crippen LogP contribution in [0.4, 0.5) is 32.0 Å². The summed E-state index contributed by atoms with van der Waals surface area (Å²) < 4.78 is 83.7. The first-order valence-electron chi connectivity index (χ1n) is 11.4. The van der Waals surface area contributed by atoms with E-state index in [1.165, 1.54) is 42.5 Å². The third kappa shape index (κ3) is 5.70. The number of fused-ring (bicyclic) bond motifs is 1. The van der Waals surface area contributed by atoms with Crippen LogP contribution in [-0.2, 0) is 6.18 Å². The summed E-state index contributed by atoms with van der Waals surface area (Å²) in [5.41, 5.74) is 4.73. The zero-order valence-corrected chi connectivity index (χ0v) is 21.0. The number of benzene rings is 2. The number of rotatable bonds is 7. The number of nitrogens with one attached hydrogen (secondary N) is 2. The number of hydrogen-bond acceptors (Lipinski definition) is 6. The third-order valence-electron chi connectivity index (χ3n) is 5.77. The third-order valence-corrected chi connectivity index (χ3v) is 6.87. The van der Waals surface area contributed by atoms with Crippen LogP contribution in [0.3, 0.4) is 0 Å². The average Bonchev–Trinajstić information content (AvgIpc) is 3.54. The van der Waals surface area contributed by atoms with Crippen molar-refractivity contribution in [1.82, 2.24) is 15.2 Å². The number of anilines is 1. The van der Waals surface area contributed by atoms with Gasteiger partial charge in [-0.05, 0) is 59.7 Å². The molecule has 0 aliphatic heterocycles. The Kier molecular flexibility index (Phi) is 7.13. The van der Waals surface area contributed by atoms with Gasteiger partial charge in [0.05, 0.1) is 11.4 Å². The molecule has 0 saturated heterocycles. The van der Waals surface area contributed by atoms with Gasteiger partial charge < -0.3 is 15.8 Å². The maximum absolute atomic E-state index is 13.7. The number of ether oxygens (including phenoxy) is 1. The van der Waals surface area contributed by atoms with E-state index in [9.17, 15) is 35.9 Å². The molecule has 41 heavy (non-hydrogen) atoms. The van der Waals surface area contributed by atoms with Gasteiger partial charge in [0.2, 0.25) is 0 Å². The second-order valence-electron chi connectivity index (χ2n) is 8.43. The molecule has 0 radical (unpaired) electrons. The zero-order valence-electron chi connectivity index (χ0n) is 20.2. The van der Waals surface area contributed by atoms with Crippen LogP contribution in [0.1, 0.15) is 25.9 Å². The maximum Gasteiger partial charge on any atom is 0.433 e. The van der Waals surface area contributed by atoms with E-state index in [0.717, 1.165) is 18.2 Å². The molecular weight excluding hydrogens is 576 g/mol. The van der Waals surface area contributed by atoms with Gasteiger partial charge in [0, 0.05) is 10.9 Å². The van der Waals surface area contributed by atoms with Crippen molar-refractivity contribution in [3.8, 4) is 28.1 Å². The highest BCUT2D eigenvalue weighted by Crippen LogP contribution is 2.43. The molecule has 0 atom stereocenters. The molecule has 15 heteroatoms. The highest BCUT2D eigenvalue weighted by Gasteiger charge is 2.35. The van der Waals surface area contributed by atoms with Gasteiger partial charge in [-0.15, -0.1) is 11.3 Å². The number of amides is 2. The maximum atomic E-state index is 13.7. The number of pyridine rings is 1. The number of hydrogen-bond donors (Lipinski definition) is 3. The molecule has 4 N–H and O–H groups in total. The SMILES string of the molecule is NC(=O)c1sc2nc(C(F)(F)F)cc(-c3ccc(F)cc3)c2c1NC(=O)c1cc(-c2ccc(OC(F)F)cc2)n[nH]1. The van der Waals surface area contributed by atoms with Crippen molar-refractivity contribution >= 4 is 39.1 Å². The smallest absolute Gasteiger partial charge is 0.433 e. The molecule has 5 rings (SSSR count). The summed E-state index contributed by atoms with van der Waals surface area (Å²) in [6, 6.07) is 12.1. The van der Waals surface area contributed by atoms with Crippen molar-refractivity contribution in [3.63, 3.8) is 0 Å². The lowest BCUT2D eigenvalue weighted by Gasteiger charge is -2.12. The molecule has 5 aromatic rings. The van der Waals surface area contributed by atoms with Crippen LogP contribution in [0.2, 0.25) is 0 Å². The average molecular weight is 591 g/mol. The van der Waals surface area contributed by atoms with E-state index in [0.29, 0.717) is 16.9 Å². The number of H-pyrrole nitrogens is 1. The lowest BCUT2D eigenvalue weighted by atomic mass is 10.0. The number of nitrogens with zero attached hydrogens (tertiary/aromatic N) is 2. The van der Waals surface area contributed by atoms with Crippen molar-refractivity contribution in [3.05, 3.63) is 82.7 Å². The van der Waals surface area contributed by atoms with E-state index in [1.807, 2.05) is 0 Å². The molecule has 3 heterocycles. The number of thiophene rings is 1. The number of aromatic nitrogens is 3. The Balaban J connectivity index is 1.56. The fourth-order valence-corrected chi connectivity index (χ4v) is 4.97. The predicted octanol–water partition coefficient (Wildman–Crippen LogP) is 6.46. The molecule has 0 aliphatic rings. The number of halogens is 6. The molecule has 0 aliphatic carbocycles. The Labute approximate surface area is 229 Å². The highest BCUT2D eigenvalue weighted by molar-refractivity contribution is 7.21. The zero-order chi connectivity index (χ0) is 29.5. The van der Waals surface area contributed by atoms with Crippen LogP contribution in [0.15, 0.2) is 60.7 Å². The van der Waals surface area contributed by atoms with Crippen LogP contribution >= 0.6 is 11.3 Å². The van der Waals surface area contributed by atoms with Gasteiger partial charge in [-0.25, -0.2) is 9.37 Å². The Morgan fingerprint density at radius 1 is 1.00 bits per heavy atom. The fraction of sp³-hybridized carbons (Fsp3) is 0.0769. The van der Waals surface area contributed by atoms with E-state index in [-0.39, 0.29) is 49.0 Å². The summed E-state index contributed by atoms with van der Waals surface area (Å²) in [4.78, 5) is 28.6. The first kappa shape index (κ1) is 27.6. The van der Waals surface area contributed by atoms with E-state index in [1.54, 1.807) is 0 Å². The molecule has 0 bridgehead atoms. The van der Waals surface area contributed by atoms with Gasteiger partial charge in [0.1, 0.15) is 32.7 Å². The molecule has 0 unspecified atom stereocenters. The van der Waals surface area contributed by atoms with Gasteiger partial charge in [0.15, 0.2) is 0 Å². The van der Waals surface area contributed by atoms with Crippen molar-refractivity contribution in [2.45, 2.75) is 12.8 Å². The number of nitrogens with two attached hydrogens (primary N) is 1. The van der Waals surface area contributed by atoms with Crippen LogP contribution in [0.5, 0.6) is 5.75 Å². The van der Waals surface area contributed by atoms with Gasteiger partial charge >= 0.3 is 12.8 Å². The summed E-state index contributed by atoms with van der Waals surface area (Å²) in [7, 11) is 0. The molecular formula is C26H15F6N5O3S. The molecule has 2 amide bonds. The molecule has 0 saturated carbocycles. The first-order chi connectivity index (χ1) is 19.4. The molecule has 3 aromatic heterocycles. The van der Waals surface area contributed by atoms with Crippen LogP contribution in [0.25, 0.3) is 32.6 Å². The summed E-state index contributed by atoms with van der Waals surface area (Å²) in [5.74, 6) is -2.57. The lowest BCUT2D eigenvalue weighted by molar-refractivity contribution is -0.140. The Morgan fingerprint density at radius 3 is 2.27 bits per heavy atom. The minimum Gasteiger partial charge on any atom is -0.435 e. The van der Waals surface area contributed by atoms with Crippen molar-refractivity contribution in [2.75, 3.05) is 5.32 Å². The monoisotopic (exact) mass is 591 g/mol. The molecule has 8 nitrogen and oxygen atoms in total. The van der Waals surface area contributed by atoms with Gasteiger partial charge in [-0.3, -0.25) is 14.7 Å². The standard InChI is InChI=1S/C26H15F6N5O3S/c27-13-5-1-11(2-6-13)15-9-18(26(30,31)32)34-24-19(15)20(21(41-24)22(33)38)35-23(39)17-10-16(36-37-17)12-3-7-14(8-4-12)40-25(28)29/h1-10,25H,(H2,33,38)(H,35,39)(H,36,37). The number of carbonyl (C=O) groups is 2. The van der Waals surface area contributed by atoms with Crippen LogP contribution < -0.4 is 15.8 Å². The van der Waals surface area contributed by atoms with Gasteiger partial charge in [-0.1, -0.05) is 12.1 Å². The lowest BCUT2D eigenvalue weighted by Crippen LogP contribution is -2.17. The van der Waals surface area contributed by atoms with E-state index in [2.05, 4.69) is 25.2 Å². The minimum absolute atomic E-state index is 0.00823. The van der Waals surface area contributed by atoms with Crippen molar-refractivity contribution in [2.24, 2.45) is 5.73 Å². The number of alkyl halides is 5. The largest absolute Gasteiger partial charge is 0.435 e. The van der Waals surface area contributed by atoms with E-state index < -0.39 is 36.1 Å². The van der Waals surface area contributed by atoms with Crippen molar-refractivity contribution < 1.29 is 40.7 Å². The fourth-order valence-electron chi connectivity index (χ4n) is 3.97. The first-order valence-corrected chi connectivity index (χ1v) is 12.2. The second-order valence-corrected chi connectivity index (χ2v) is 9.43. The quantitative estimate of drug-likeness (QED) is 0.188. The van der Waals surface area contributed by atoms with E-state index in [4.69, 9.17) is 5.73 Å².